The molecule has 9 heteroatoms. The molecule has 0 N–H and O–H groups in total. The molecule has 2 aromatic carbocycles. The molecule has 0 spiro atoms. The van der Waals surface area contributed by atoms with Crippen LogP contribution in [0.15, 0.2) is 54.6 Å². The number of hydrogen-bond donors (Lipinski definition) is 0. The molecule has 0 bridgehead atoms. The highest BCUT2D eigenvalue weighted by Crippen LogP contribution is 2.44. The smallest absolute Gasteiger partial charge is 0.246 e. The van der Waals surface area contributed by atoms with E-state index in [-0.39, 0.29) is 43.7 Å². The quantitative estimate of drug-likeness (QED) is 0.392. The number of hydrogen-bond acceptors (Lipinski definition) is 6. The molecule has 2 aromatic rings. The normalized spacial score (nSPS) is 20.3. The highest BCUT2D eigenvalue weighted by molar-refractivity contribution is 6.11. The van der Waals surface area contributed by atoms with Crippen molar-refractivity contribution < 1.29 is 28.7 Å². The fourth-order valence-electron chi connectivity index (χ4n) is 5.01. The lowest BCUT2D eigenvalue weighted by molar-refractivity contribution is -0.143. The number of likely N-dealkylation sites (tertiary alicyclic amines) is 1. The largest absolute Gasteiger partial charge is 0.496 e. The van der Waals surface area contributed by atoms with E-state index in [0.717, 1.165) is 5.69 Å². The van der Waals surface area contributed by atoms with E-state index in [4.69, 9.17) is 9.47 Å². The standard InChI is InChI=1S/C27H31N3O6/c1-35-16-8-13-30-24(32)18-27(26(30)34,21-11-6-7-12-22(21)36-2)17-23(31)28-14-15-29(25(33)19-28)20-9-4-3-5-10-20/h3-7,9-12H,8,13-19H2,1-2H3/t27-/m1/s1. The number of anilines is 1. The van der Waals surface area contributed by atoms with Crippen LogP contribution in [-0.4, -0.2) is 80.4 Å². The molecule has 0 aliphatic carbocycles. The van der Waals surface area contributed by atoms with Gasteiger partial charge in [-0.25, -0.2) is 0 Å². The summed E-state index contributed by atoms with van der Waals surface area (Å²) >= 11 is 0. The zero-order valence-corrected chi connectivity index (χ0v) is 20.6. The van der Waals surface area contributed by atoms with Crippen LogP contribution in [0.3, 0.4) is 0 Å². The van der Waals surface area contributed by atoms with Crippen LogP contribution in [0.2, 0.25) is 0 Å². The van der Waals surface area contributed by atoms with Crippen molar-refractivity contribution in [3.05, 3.63) is 60.2 Å². The molecule has 2 fully saturated rings. The zero-order chi connectivity index (χ0) is 25.7. The summed E-state index contributed by atoms with van der Waals surface area (Å²) in [5.74, 6) is -0.852. The number of benzene rings is 2. The summed E-state index contributed by atoms with van der Waals surface area (Å²) in [7, 11) is 3.05. The molecule has 9 nitrogen and oxygen atoms in total. The van der Waals surface area contributed by atoms with Gasteiger partial charge in [0.05, 0.1) is 12.5 Å². The van der Waals surface area contributed by atoms with Crippen LogP contribution in [0, 0.1) is 0 Å². The van der Waals surface area contributed by atoms with Gasteiger partial charge in [-0.1, -0.05) is 36.4 Å². The number of carbonyl (C=O) groups is 4. The third-order valence-electron chi connectivity index (χ3n) is 6.86. The van der Waals surface area contributed by atoms with Crippen LogP contribution in [0.4, 0.5) is 5.69 Å². The molecular weight excluding hydrogens is 462 g/mol. The number of methoxy groups -OCH3 is 2. The van der Waals surface area contributed by atoms with Gasteiger partial charge < -0.3 is 19.3 Å². The van der Waals surface area contributed by atoms with Crippen molar-refractivity contribution in [1.29, 1.82) is 0 Å². The predicted octanol–water partition coefficient (Wildman–Crippen LogP) is 1.99. The number of imide groups is 1. The van der Waals surface area contributed by atoms with Crippen molar-refractivity contribution >= 4 is 29.3 Å². The average Bonchev–Trinajstić information content (AvgIpc) is 3.13. The molecular formula is C27H31N3O6. The minimum Gasteiger partial charge on any atom is -0.496 e. The summed E-state index contributed by atoms with van der Waals surface area (Å²) in [5.41, 5.74) is -0.112. The lowest BCUT2D eigenvalue weighted by atomic mass is 9.75. The fourth-order valence-corrected chi connectivity index (χ4v) is 5.01. The Labute approximate surface area is 210 Å². The van der Waals surface area contributed by atoms with Gasteiger partial charge in [0.2, 0.25) is 23.6 Å². The Morgan fingerprint density at radius 2 is 1.67 bits per heavy atom. The molecule has 4 amide bonds. The van der Waals surface area contributed by atoms with Crippen molar-refractivity contribution in [2.24, 2.45) is 0 Å². The van der Waals surface area contributed by atoms with Gasteiger partial charge in [-0.2, -0.15) is 0 Å². The van der Waals surface area contributed by atoms with Gasteiger partial charge in [-0.15, -0.1) is 0 Å². The second-order valence-electron chi connectivity index (χ2n) is 9.03. The Bertz CT molecular complexity index is 1140. The van der Waals surface area contributed by atoms with E-state index in [1.54, 1.807) is 36.3 Å². The van der Waals surface area contributed by atoms with Gasteiger partial charge in [-0.3, -0.25) is 24.1 Å². The Morgan fingerprint density at radius 3 is 2.36 bits per heavy atom. The highest BCUT2D eigenvalue weighted by Gasteiger charge is 2.55. The van der Waals surface area contributed by atoms with Gasteiger partial charge in [0.15, 0.2) is 0 Å². The molecule has 0 saturated carbocycles. The second-order valence-corrected chi connectivity index (χ2v) is 9.03. The van der Waals surface area contributed by atoms with E-state index in [0.29, 0.717) is 37.4 Å². The summed E-state index contributed by atoms with van der Waals surface area (Å²) in [6.07, 6.45) is 0.139. The second kappa shape index (κ2) is 10.9. The third kappa shape index (κ3) is 4.83. The minimum atomic E-state index is -1.40. The lowest BCUT2D eigenvalue weighted by Crippen LogP contribution is -2.54. The van der Waals surface area contributed by atoms with Gasteiger partial charge in [-0.05, 0) is 24.6 Å². The number of piperazine rings is 1. The summed E-state index contributed by atoms with van der Waals surface area (Å²) in [6, 6.07) is 16.3. The van der Waals surface area contributed by atoms with Crippen molar-refractivity contribution in [2.45, 2.75) is 24.7 Å². The van der Waals surface area contributed by atoms with Crippen molar-refractivity contribution in [3.8, 4) is 5.75 Å². The Kier molecular flexibility index (Phi) is 7.69. The summed E-state index contributed by atoms with van der Waals surface area (Å²) in [6.45, 7) is 1.22. The van der Waals surface area contributed by atoms with Crippen LogP contribution in [0.25, 0.3) is 0 Å². The molecule has 2 aliphatic heterocycles. The first-order chi connectivity index (χ1) is 17.4. The zero-order valence-electron chi connectivity index (χ0n) is 20.6. The van der Waals surface area contributed by atoms with E-state index in [2.05, 4.69) is 0 Å². The van der Waals surface area contributed by atoms with Gasteiger partial charge >= 0.3 is 0 Å². The first kappa shape index (κ1) is 25.4. The Morgan fingerprint density at radius 1 is 0.944 bits per heavy atom. The SMILES string of the molecule is COCCCN1C(=O)C[C@](CC(=O)N2CCN(c3ccccc3)C(=O)C2)(c2ccccc2OC)C1=O. The van der Waals surface area contributed by atoms with Gasteiger partial charge in [0.25, 0.3) is 0 Å². The average molecular weight is 494 g/mol. The van der Waals surface area contributed by atoms with Gasteiger partial charge in [0.1, 0.15) is 12.3 Å². The number of amides is 4. The molecule has 0 aromatic heterocycles. The van der Waals surface area contributed by atoms with E-state index in [1.807, 2.05) is 30.3 Å². The first-order valence-electron chi connectivity index (χ1n) is 12.0. The van der Waals surface area contributed by atoms with Crippen LogP contribution in [0.1, 0.15) is 24.8 Å². The molecule has 0 unspecified atom stereocenters. The maximum Gasteiger partial charge on any atom is 0.246 e. The molecule has 36 heavy (non-hydrogen) atoms. The molecule has 190 valence electrons. The number of rotatable bonds is 9. The minimum absolute atomic E-state index is 0.0879. The lowest BCUT2D eigenvalue weighted by Gasteiger charge is -2.36. The maximum atomic E-state index is 13.8. The van der Waals surface area contributed by atoms with E-state index in [9.17, 15) is 19.2 Å². The number of para-hydroxylation sites is 2. The molecule has 2 aliphatic rings. The monoisotopic (exact) mass is 493 g/mol. The van der Waals surface area contributed by atoms with Crippen LogP contribution >= 0.6 is 0 Å². The first-order valence-corrected chi connectivity index (χ1v) is 12.0. The predicted molar refractivity (Wildman–Crippen MR) is 132 cm³/mol. The van der Waals surface area contributed by atoms with Crippen molar-refractivity contribution in [2.75, 3.05) is 51.9 Å². The number of carbonyl (C=O) groups excluding carboxylic acids is 4. The summed E-state index contributed by atoms with van der Waals surface area (Å²) in [4.78, 5) is 57.6. The fraction of sp³-hybridized carbons (Fsp3) is 0.407. The number of nitrogens with zero attached hydrogens (tertiary/aromatic N) is 3. The van der Waals surface area contributed by atoms with Gasteiger partial charge in [0, 0.05) is 57.4 Å². The molecule has 0 radical (unpaired) electrons. The Hall–Kier alpha value is -3.72. The van der Waals surface area contributed by atoms with Crippen molar-refractivity contribution in [3.63, 3.8) is 0 Å². The molecule has 1 atom stereocenters. The van der Waals surface area contributed by atoms with E-state index >= 15 is 0 Å². The molecule has 2 saturated heterocycles. The third-order valence-corrected chi connectivity index (χ3v) is 6.86. The van der Waals surface area contributed by atoms with E-state index < -0.39 is 11.3 Å². The topological polar surface area (TPSA) is 96.5 Å². The number of ether oxygens (including phenoxy) is 2. The van der Waals surface area contributed by atoms with Crippen LogP contribution in [0.5, 0.6) is 5.75 Å². The summed E-state index contributed by atoms with van der Waals surface area (Å²) in [5, 5.41) is 0. The highest BCUT2D eigenvalue weighted by atomic mass is 16.5. The van der Waals surface area contributed by atoms with Crippen molar-refractivity contribution in [1.82, 2.24) is 9.80 Å². The maximum absolute atomic E-state index is 13.8. The molecule has 2 heterocycles. The van der Waals surface area contributed by atoms with Crippen LogP contribution in [-0.2, 0) is 29.3 Å². The Balaban J connectivity index is 1.59. The summed E-state index contributed by atoms with van der Waals surface area (Å²) < 4.78 is 10.6. The molecule has 4 rings (SSSR count). The van der Waals surface area contributed by atoms with E-state index in [1.165, 1.54) is 16.9 Å². The van der Waals surface area contributed by atoms with Crippen LogP contribution < -0.4 is 9.64 Å².